The maximum absolute atomic E-state index is 11.8. The molecule has 0 radical (unpaired) electrons. The van der Waals surface area contributed by atoms with Gasteiger partial charge < -0.3 is 20.3 Å². The summed E-state index contributed by atoms with van der Waals surface area (Å²) in [5.74, 6) is 0. The topological polar surface area (TPSA) is 53.6 Å². The van der Waals surface area contributed by atoms with Crippen molar-refractivity contribution in [3.8, 4) is 0 Å². The zero-order valence-corrected chi connectivity index (χ0v) is 13.4. The summed E-state index contributed by atoms with van der Waals surface area (Å²) in [4.78, 5) is 14.0. The second-order valence-electron chi connectivity index (χ2n) is 6.26. The van der Waals surface area contributed by atoms with E-state index in [9.17, 15) is 4.79 Å². The molecule has 0 heterocycles. The van der Waals surface area contributed by atoms with Crippen LogP contribution in [0.25, 0.3) is 0 Å². The van der Waals surface area contributed by atoms with E-state index in [4.69, 9.17) is 4.74 Å². The van der Waals surface area contributed by atoms with E-state index in [0.29, 0.717) is 13.2 Å². The van der Waals surface area contributed by atoms with Crippen molar-refractivity contribution in [1.82, 2.24) is 15.5 Å². The fourth-order valence-corrected chi connectivity index (χ4v) is 1.74. The summed E-state index contributed by atoms with van der Waals surface area (Å²) < 4.78 is 4.95. The summed E-state index contributed by atoms with van der Waals surface area (Å²) in [6.07, 6.45) is 1.78. The van der Waals surface area contributed by atoms with E-state index in [1.165, 1.54) is 0 Å². The smallest absolute Gasteiger partial charge is 0.315 e. The van der Waals surface area contributed by atoms with E-state index in [2.05, 4.69) is 36.3 Å². The second-order valence-corrected chi connectivity index (χ2v) is 6.26. The Morgan fingerprint density at radius 1 is 1.32 bits per heavy atom. The number of nitrogens with one attached hydrogen (secondary N) is 2. The van der Waals surface area contributed by atoms with Crippen molar-refractivity contribution >= 4 is 6.03 Å². The zero-order valence-electron chi connectivity index (χ0n) is 13.4. The summed E-state index contributed by atoms with van der Waals surface area (Å²) in [6.45, 7) is 8.73. The van der Waals surface area contributed by atoms with Gasteiger partial charge in [0.15, 0.2) is 0 Å². The van der Waals surface area contributed by atoms with Crippen LogP contribution < -0.4 is 10.6 Å². The average Bonchev–Trinajstić information content (AvgIpc) is 2.28. The third kappa shape index (κ3) is 9.73. The maximum atomic E-state index is 11.8. The van der Waals surface area contributed by atoms with Crippen LogP contribution in [0.15, 0.2) is 0 Å². The molecule has 2 N–H and O–H groups in total. The summed E-state index contributed by atoms with van der Waals surface area (Å²) in [7, 11) is 5.76. The Morgan fingerprint density at radius 2 is 1.95 bits per heavy atom. The highest BCUT2D eigenvalue weighted by molar-refractivity contribution is 5.74. The maximum Gasteiger partial charge on any atom is 0.315 e. The highest BCUT2D eigenvalue weighted by Gasteiger charge is 2.25. The van der Waals surface area contributed by atoms with Gasteiger partial charge in [0.1, 0.15) is 0 Å². The Kier molecular flexibility index (Phi) is 8.76. The normalized spacial score (nSPS) is 13.4. The third-order valence-electron chi connectivity index (χ3n) is 3.03. The molecule has 0 rings (SSSR count). The number of hydrogen-bond donors (Lipinski definition) is 2. The Hall–Kier alpha value is -0.810. The van der Waals surface area contributed by atoms with Crippen molar-refractivity contribution in [3.63, 3.8) is 0 Å². The van der Waals surface area contributed by atoms with E-state index >= 15 is 0 Å². The van der Waals surface area contributed by atoms with E-state index < -0.39 is 0 Å². The van der Waals surface area contributed by atoms with E-state index in [1.54, 1.807) is 7.11 Å². The first-order valence-corrected chi connectivity index (χ1v) is 6.95. The van der Waals surface area contributed by atoms with Crippen LogP contribution in [0.1, 0.15) is 33.6 Å². The predicted molar refractivity (Wildman–Crippen MR) is 79.4 cm³/mol. The molecule has 1 atom stereocenters. The fraction of sp³-hybridized carbons (Fsp3) is 0.929. The van der Waals surface area contributed by atoms with Crippen molar-refractivity contribution in [2.75, 3.05) is 40.9 Å². The molecule has 1 unspecified atom stereocenters. The Labute approximate surface area is 118 Å². The van der Waals surface area contributed by atoms with Crippen molar-refractivity contribution in [2.45, 2.75) is 39.7 Å². The Balaban J connectivity index is 4.13. The first-order chi connectivity index (χ1) is 8.77. The van der Waals surface area contributed by atoms with Gasteiger partial charge in [-0.1, -0.05) is 20.8 Å². The number of nitrogens with zero attached hydrogens (tertiary/aromatic N) is 1. The van der Waals surface area contributed by atoms with Gasteiger partial charge in [0.05, 0.1) is 0 Å². The molecule has 2 amide bonds. The SMILES string of the molecule is COCCCNC(=O)NC(CCN(C)C)C(C)(C)C. The van der Waals surface area contributed by atoms with E-state index in [1.807, 2.05) is 14.1 Å². The predicted octanol–water partition coefficient (Wildman–Crippen LogP) is 1.69. The Morgan fingerprint density at radius 3 is 2.42 bits per heavy atom. The number of rotatable bonds is 8. The van der Waals surface area contributed by atoms with Gasteiger partial charge in [-0.15, -0.1) is 0 Å². The number of amides is 2. The minimum absolute atomic E-state index is 0.0554. The van der Waals surface area contributed by atoms with E-state index in [0.717, 1.165) is 19.4 Å². The largest absolute Gasteiger partial charge is 0.385 e. The number of hydrogen-bond acceptors (Lipinski definition) is 3. The zero-order chi connectivity index (χ0) is 14.9. The monoisotopic (exact) mass is 273 g/mol. The summed E-state index contributed by atoms with van der Waals surface area (Å²) >= 11 is 0. The van der Waals surface area contributed by atoms with Crippen molar-refractivity contribution in [3.05, 3.63) is 0 Å². The van der Waals surface area contributed by atoms with Gasteiger partial charge in [0, 0.05) is 26.3 Å². The molecule has 0 aliphatic carbocycles. The van der Waals surface area contributed by atoms with Crippen LogP contribution in [0.5, 0.6) is 0 Å². The molecule has 0 bridgehead atoms. The second kappa shape index (κ2) is 9.15. The lowest BCUT2D eigenvalue weighted by Crippen LogP contribution is -2.49. The molecule has 0 aromatic carbocycles. The molecule has 0 aliphatic rings. The highest BCUT2D eigenvalue weighted by Crippen LogP contribution is 2.21. The van der Waals surface area contributed by atoms with Crippen molar-refractivity contribution in [1.29, 1.82) is 0 Å². The number of methoxy groups -OCH3 is 1. The number of ether oxygens (including phenoxy) is 1. The molecule has 0 aromatic heterocycles. The van der Waals surface area contributed by atoms with Gasteiger partial charge >= 0.3 is 6.03 Å². The minimum atomic E-state index is -0.0882. The minimum Gasteiger partial charge on any atom is -0.385 e. The summed E-state index contributed by atoms with van der Waals surface area (Å²) in [5.41, 5.74) is 0.0554. The van der Waals surface area contributed by atoms with Gasteiger partial charge in [-0.25, -0.2) is 4.79 Å². The number of carbonyl (C=O) groups is 1. The standard InChI is InChI=1S/C14H31N3O2/c1-14(2,3)12(8-10-17(4)5)16-13(18)15-9-7-11-19-6/h12H,7-11H2,1-6H3,(H2,15,16,18). The van der Waals surface area contributed by atoms with Crippen LogP contribution in [0.3, 0.4) is 0 Å². The lowest BCUT2D eigenvalue weighted by atomic mass is 9.85. The lowest BCUT2D eigenvalue weighted by Gasteiger charge is -2.32. The van der Waals surface area contributed by atoms with Crippen LogP contribution in [0, 0.1) is 5.41 Å². The first kappa shape index (κ1) is 18.2. The van der Waals surface area contributed by atoms with Crippen molar-refractivity contribution in [2.24, 2.45) is 5.41 Å². The number of carbonyl (C=O) groups excluding carboxylic acids is 1. The number of urea groups is 1. The van der Waals surface area contributed by atoms with Crippen LogP contribution in [0.4, 0.5) is 4.79 Å². The average molecular weight is 273 g/mol. The molecule has 0 saturated heterocycles. The molecular weight excluding hydrogens is 242 g/mol. The molecular formula is C14H31N3O2. The first-order valence-electron chi connectivity index (χ1n) is 6.95. The van der Waals surface area contributed by atoms with Crippen LogP contribution in [-0.2, 0) is 4.74 Å². The lowest BCUT2D eigenvalue weighted by molar-refractivity contribution is 0.190. The molecule has 0 aromatic rings. The molecule has 0 spiro atoms. The highest BCUT2D eigenvalue weighted by atomic mass is 16.5. The molecule has 114 valence electrons. The van der Waals surface area contributed by atoms with E-state index in [-0.39, 0.29) is 17.5 Å². The Bertz CT molecular complexity index is 250. The molecule has 5 heteroatoms. The molecule has 0 saturated carbocycles. The van der Waals surface area contributed by atoms with Crippen molar-refractivity contribution < 1.29 is 9.53 Å². The molecule has 0 fully saturated rings. The van der Waals surface area contributed by atoms with Crippen LogP contribution in [-0.4, -0.2) is 57.9 Å². The summed E-state index contributed by atoms with van der Waals surface area (Å²) in [5, 5.41) is 5.94. The van der Waals surface area contributed by atoms with Gasteiger partial charge in [-0.3, -0.25) is 0 Å². The third-order valence-corrected chi connectivity index (χ3v) is 3.03. The molecule has 19 heavy (non-hydrogen) atoms. The van der Waals surface area contributed by atoms with Gasteiger partial charge in [-0.2, -0.15) is 0 Å². The van der Waals surface area contributed by atoms with Gasteiger partial charge in [-0.05, 0) is 38.9 Å². The van der Waals surface area contributed by atoms with Gasteiger partial charge in [0.2, 0.25) is 0 Å². The molecule has 0 aliphatic heterocycles. The van der Waals surface area contributed by atoms with Crippen LogP contribution in [0.2, 0.25) is 0 Å². The van der Waals surface area contributed by atoms with Crippen LogP contribution >= 0.6 is 0 Å². The summed E-state index contributed by atoms with van der Waals surface area (Å²) in [6, 6.07) is 0.0760. The fourth-order valence-electron chi connectivity index (χ4n) is 1.74. The quantitative estimate of drug-likeness (QED) is 0.662. The van der Waals surface area contributed by atoms with Gasteiger partial charge in [0.25, 0.3) is 0 Å². The molecule has 5 nitrogen and oxygen atoms in total.